The zero-order valence-electron chi connectivity index (χ0n) is 17.2. The van der Waals surface area contributed by atoms with Crippen molar-refractivity contribution in [1.29, 1.82) is 0 Å². The first-order valence-corrected chi connectivity index (χ1v) is 10.5. The van der Waals surface area contributed by atoms with Crippen molar-refractivity contribution in [2.75, 3.05) is 25.2 Å². The number of fused-ring (bicyclic) bond motifs is 1. The van der Waals surface area contributed by atoms with Gasteiger partial charge in [0.15, 0.2) is 10.9 Å². The Balaban J connectivity index is 1.89. The second kappa shape index (κ2) is 9.31. The number of nitrogens with zero attached hydrogens (tertiary/aromatic N) is 3. The van der Waals surface area contributed by atoms with Crippen molar-refractivity contribution in [2.45, 2.75) is 32.1 Å². The second-order valence-electron chi connectivity index (χ2n) is 7.26. The summed E-state index contributed by atoms with van der Waals surface area (Å²) in [6.07, 6.45) is 0. The van der Waals surface area contributed by atoms with Crippen LogP contribution < -0.4 is 17.0 Å². The molecule has 3 rings (SSSR count). The van der Waals surface area contributed by atoms with E-state index in [0.717, 1.165) is 11.0 Å². The fourth-order valence-electron chi connectivity index (χ4n) is 3.17. The Morgan fingerprint density at radius 3 is 2.70 bits per heavy atom. The number of methoxy groups -OCH3 is 1. The topological polar surface area (TPSA) is 125 Å². The number of nitrogen functional groups attached to an aromatic ring is 1. The lowest BCUT2D eigenvalue weighted by Crippen LogP contribution is -2.37. The van der Waals surface area contributed by atoms with E-state index in [0.29, 0.717) is 24.9 Å². The van der Waals surface area contributed by atoms with Gasteiger partial charge in [-0.15, -0.1) is 0 Å². The van der Waals surface area contributed by atoms with Gasteiger partial charge in [-0.3, -0.25) is 19.1 Å². The zero-order chi connectivity index (χ0) is 21.8. The molecule has 9 nitrogen and oxygen atoms in total. The molecule has 0 fully saturated rings. The molecular weight excluding hydrogens is 406 g/mol. The molecule has 160 valence electrons. The van der Waals surface area contributed by atoms with Crippen LogP contribution in [0.1, 0.15) is 24.2 Å². The summed E-state index contributed by atoms with van der Waals surface area (Å²) in [5.74, 6) is -0.477. The van der Waals surface area contributed by atoms with Crippen LogP contribution >= 0.6 is 11.8 Å². The average molecular weight is 432 g/mol. The lowest BCUT2D eigenvalue weighted by molar-refractivity contribution is 0.102. The molecule has 2 heterocycles. The molecule has 0 spiro atoms. The van der Waals surface area contributed by atoms with Crippen molar-refractivity contribution >= 4 is 34.4 Å². The standard InChI is InChI=1S/C20H25N5O4S/c1-12(2)10-25-17(21)16(18(27)23-19(25)28)15(26)11-30-20-22-13-6-4-5-7-14(13)24(20)8-9-29-3/h4-7,12H,8-11,21H2,1-3H3,(H,23,27,28). The number of hydrogen-bond acceptors (Lipinski definition) is 7. The van der Waals surface area contributed by atoms with Crippen LogP contribution in [0.4, 0.5) is 5.82 Å². The number of nitrogens with two attached hydrogens (primary N) is 1. The van der Waals surface area contributed by atoms with Crippen molar-refractivity contribution in [3.8, 4) is 0 Å². The Hall–Kier alpha value is -2.85. The summed E-state index contributed by atoms with van der Waals surface area (Å²) >= 11 is 1.22. The van der Waals surface area contributed by atoms with Crippen LogP contribution in [0, 0.1) is 5.92 Å². The minimum atomic E-state index is -0.768. The minimum Gasteiger partial charge on any atom is -0.384 e. The molecule has 0 saturated carbocycles. The van der Waals surface area contributed by atoms with Gasteiger partial charge in [0.1, 0.15) is 11.4 Å². The van der Waals surface area contributed by atoms with Crippen LogP contribution in [-0.4, -0.2) is 44.4 Å². The first-order chi connectivity index (χ1) is 14.3. The molecule has 0 atom stereocenters. The molecular formula is C20H25N5O4S. The van der Waals surface area contributed by atoms with E-state index in [1.54, 1.807) is 7.11 Å². The highest BCUT2D eigenvalue weighted by Gasteiger charge is 2.21. The van der Waals surface area contributed by atoms with Crippen molar-refractivity contribution in [3.05, 3.63) is 50.7 Å². The fraction of sp³-hybridized carbons (Fsp3) is 0.400. The highest BCUT2D eigenvalue weighted by molar-refractivity contribution is 7.99. The molecule has 1 aromatic carbocycles. The number of ketones is 1. The third kappa shape index (κ3) is 4.49. The number of imidazole rings is 1. The lowest BCUT2D eigenvalue weighted by Gasteiger charge is -2.14. The number of thioether (sulfide) groups is 1. The third-order valence-corrected chi connectivity index (χ3v) is 5.51. The number of carbonyl (C=O) groups is 1. The molecule has 0 aliphatic rings. The average Bonchev–Trinajstić information content (AvgIpc) is 3.05. The normalized spacial score (nSPS) is 11.5. The highest BCUT2D eigenvalue weighted by atomic mass is 32.2. The maximum atomic E-state index is 12.9. The van der Waals surface area contributed by atoms with E-state index in [1.165, 1.54) is 16.3 Å². The van der Waals surface area contributed by atoms with Gasteiger partial charge in [-0.2, -0.15) is 0 Å². The number of carbonyl (C=O) groups excluding carboxylic acids is 1. The van der Waals surface area contributed by atoms with E-state index in [-0.39, 0.29) is 23.1 Å². The number of benzene rings is 1. The smallest absolute Gasteiger partial charge is 0.329 e. The summed E-state index contributed by atoms with van der Waals surface area (Å²) in [4.78, 5) is 44.0. The molecule has 3 aromatic rings. The van der Waals surface area contributed by atoms with E-state index >= 15 is 0 Å². The summed E-state index contributed by atoms with van der Waals surface area (Å²) in [5.41, 5.74) is 6.21. The number of nitrogens with one attached hydrogen (secondary N) is 1. The van der Waals surface area contributed by atoms with E-state index < -0.39 is 17.0 Å². The minimum absolute atomic E-state index is 0.0382. The molecule has 2 aromatic heterocycles. The monoisotopic (exact) mass is 431 g/mol. The molecule has 0 bridgehead atoms. The van der Waals surface area contributed by atoms with E-state index in [2.05, 4.69) is 9.97 Å². The number of anilines is 1. The summed E-state index contributed by atoms with van der Waals surface area (Å²) in [6.45, 7) is 5.21. The first-order valence-electron chi connectivity index (χ1n) is 9.56. The number of Topliss-reactive ketones (excluding diaryl/α,β-unsaturated/α-hetero) is 1. The van der Waals surface area contributed by atoms with E-state index in [9.17, 15) is 14.4 Å². The number of aromatic amines is 1. The Labute approximate surface area is 177 Å². The number of ether oxygens (including phenoxy) is 1. The molecule has 0 aliphatic heterocycles. The van der Waals surface area contributed by atoms with Crippen molar-refractivity contribution in [3.63, 3.8) is 0 Å². The molecule has 0 radical (unpaired) electrons. The summed E-state index contributed by atoms with van der Waals surface area (Å²) in [5, 5.41) is 0.645. The van der Waals surface area contributed by atoms with E-state index in [4.69, 9.17) is 10.5 Å². The van der Waals surface area contributed by atoms with Crippen LogP contribution in [0.25, 0.3) is 11.0 Å². The Kier molecular flexibility index (Phi) is 6.78. The Bertz CT molecular complexity index is 1180. The predicted molar refractivity (Wildman–Crippen MR) is 117 cm³/mol. The lowest BCUT2D eigenvalue weighted by atomic mass is 10.2. The Morgan fingerprint density at radius 2 is 2.00 bits per heavy atom. The van der Waals surface area contributed by atoms with Gasteiger partial charge in [-0.1, -0.05) is 37.7 Å². The van der Waals surface area contributed by atoms with Crippen molar-refractivity contribution < 1.29 is 9.53 Å². The summed E-state index contributed by atoms with van der Waals surface area (Å²) < 4.78 is 8.39. The number of rotatable bonds is 9. The van der Waals surface area contributed by atoms with Gasteiger partial charge >= 0.3 is 5.69 Å². The van der Waals surface area contributed by atoms with Crippen LogP contribution in [-0.2, 0) is 17.8 Å². The van der Waals surface area contributed by atoms with Gasteiger partial charge in [0.05, 0.1) is 23.4 Å². The van der Waals surface area contributed by atoms with Crippen LogP contribution in [0.15, 0.2) is 39.0 Å². The molecule has 10 heteroatoms. The Morgan fingerprint density at radius 1 is 1.27 bits per heavy atom. The largest absolute Gasteiger partial charge is 0.384 e. The summed E-state index contributed by atoms with van der Waals surface area (Å²) in [6, 6.07) is 7.67. The fourth-order valence-corrected chi connectivity index (χ4v) is 4.08. The van der Waals surface area contributed by atoms with Gasteiger partial charge in [-0.25, -0.2) is 9.78 Å². The molecule has 0 aliphatic carbocycles. The quantitative estimate of drug-likeness (QED) is 0.390. The SMILES string of the molecule is COCCn1c(SCC(=O)c2c(N)n(CC(C)C)c(=O)[nH]c2=O)nc2ccccc21. The van der Waals surface area contributed by atoms with Gasteiger partial charge in [0, 0.05) is 20.2 Å². The number of aromatic nitrogens is 4. The van der Waals surface area contributed by atoms with Gasteiger partial charge in [0.2, 0.25) is 0 Å². The van der Waals surface area contributed by atoms with Crippen LogP contribution in [0.3, 0.4) is 0 Å². The van der Waals surface area contributed by atoms with Crippen LogP contribution in [0.2, 0.25) is 0 Å². The zero-order valence-corrected chi connectivity index (χ0v) is 18.0. The molecule has 0 saturated heterocycles. The number of H-pyrrole nitrogens is 1. The van der Waals surface area contributed by atoms with Gasteiger partial charge < -0.3 is 15.0 Å². The van der Waals surface area contributed by atoms with Crippen LogP contribution in [0.5, 0.6) is 0 Å². The first kappa shape index (κ1) is 21.8. The molecule has 0 unspecified atom stereocenters. The highest BCUT2D eigenvalue weighted by Crippen LogP contribution is 2.25. The molecule has 0 amide bonds. The maximum absolute atomic E-state index is 12.9. The van der Waals surface area contributed by atoms with Gasteiger partial charge in [-0.05, 0) is 18.1 Å². The maximum Gasteiger partial charge on any atom is 0.329 e. The number of para-hydroxylation sites is 2. The molecule has 30 heavy (non-hydrogen) atoms. The number of hydrogen-bond donors (Lipinski definition) is 2. The van der Waals surface area contributed by atoms with Crippen molar-refractivity contribution in [1.82, 2.24) is 19.1 Å². The summed E-state index contributed by atoms with van der Waals surface area (Å²) in [7, 11) is 1.62. The molecule has 3 N–H and O–H groups in total. The van der Waals surface area contributed by atoms with E-state index in [1.807, 2.05) is 42.7 Å². The van der Waals surface area contributed by atoms with Gasteiger partial charge in [0.25, 0.3) is 5.56 Å². The second-order valence-corrected chi connectivity index (χ2v) is 8.21. The predicted octanol–water partition coefficient (Wildman–Crippen LogP) is 1.75. The van der Waals surface area contributed by atoms with Crippen molar-refractivity contribution in [2.24, 2.45) is 5.92 Å². The third-order valence-electron chi connectivity index (χ3n) is 4.54.